The predicted octanol–water partition coefficient (Wildman–Crippen LogP) is 4.18. The molecule has 0 amide bonds. The number of fused-ring (bicyclic) bond motifs is 2. The number of para-hydroxylation sites is 4. The molecule has 0 bridgehead atoms. The lowest BCUT2D eigenvalue weighted by Gasteiger charge is -2.16. The minimum absolute atomic E-state index is 0.226. The largest absolute Gasteiger partial charge is 0.379 e. The highest BCUT2D eigenvalue weighted by molar-refractivity contribution is 6.76. The smallest absolute Gasteiger partial charge is 0.199 e. The van der Waals surface area contributed by atoms with Crippen molar-refractivity contribution in [2.45, 2.75) is 32.4 Å². The molecule has 4 aromatic heterocycles. The van der Waals surface area contributed by atoms with E-state index in [1.165, 1.54) is 0 Å². The maximum atomic E-state index is 5.88. The maximum absolute atomic E-state index is 5.88. The van der Waals surface area contributed by atoms with Gasteiger partial charge in [-0.1, -0.05) is 43.9 Å². The Morgan fingerprint density at radius 2 is 1.50 bits per heavy atom. The molecule has 5 N–H and O–H groups in total. The number of benzene rings is 2. The van der Waals surface area contributed by atoms with Gasteiger partial charge in [0.2, 0.25) is 0 Å². The highest BCUT2D eigenvalue weighted by Crippen LogP contribution is 2.26. The summed E-state index contributed by atoms with van der Waals surface area (Å²) in [7, 11) is -1.12. The van der Waals surface area contributed by atoms with Crippen LogP contribution in [-0.4, -0.2) is 54.8 Å². The Bertz CT molecular complexity index is 1630. The zero-order valence-electron chi connectivity index (χ0n) is 21.3. The van der Waals surface area contributed by atoms with E-state index in [0.717, 1.165) is 34.7 Å². The van der Waals surface area contributed by atoms with Crippen molar-refractivity contribution in [1.29, 1.82) is 0 Å². The molecule has 0 saturated carbocycles. The average Bonchev–Trinajstić information content (AvgIpc) is 3.67. The number of ether oxygens (including phenoxy) is 1. The first-order valence-corrected chi connectivity index (χ1v) is 15.7. The Morgan fingerprint density at radius 3 is 2.16 bits per heavy atom. The van der Waals surface area contributed by atoms with Gasteiger partial charge in [0.05, 0.1) is 22.1 Å². The van der Waals surface area contributed by atoms with Crippen molar-refractivity contribution in [2.75, 3.05) is 18.1 Å². The Labute approximate surface area is 218 Å². The van der Waals surface area contributed by atoms with Crippen LogP contribution in [0.4, 0.5) is 11.6 Å². The van der Waals surface area contributed by atoms with Crippen molar-refractivity contribution in [1.82, 2.24) is 40.1 Å². The summed E-state index contributed by atoms with van der Waals surface area (Å²) in [6.45, 7) is 8.11. The van der Waals surface area contributed by atoms with Gasteiger partial charge in [-0.05, 0) is 50.9 Å². The van der Waals surface area contributed by atoms with Crippen LogP contribution in [0.5, 0.6) is 0 Å². The number of H-pyrrole nitrogens is 1. The van der Waals surface area contributed by atoms with Crippen LogP contribution in [0.2, 0.25) is 25.7 Å². The Morgan fingerprint density at radius 1 is 0.842 bits per heavy atom. The summed E-state index contributed by atoms with van der Waals surface area (Å²) in [4.78, 5) is 12.0. The van der Waals surface area contributed by atoms with Crippen molar-refractivity contribution in [3.05, 3.63) is 48.5 Å². The van der Waals surface area contributed by atoms with Gasteiger partial charge < -0.3 is 21.2 Å². The fraction of sp³-hybridized carbons (Fsp3) is 0.250. The molecule has 2 aromatic carbocycles. The van der Waals surface area contributed by atoms with Crippen LogP contribution < -0.4 is 11.5 Å². The van der Waals surface area contributed by atoms with Crippen LogP contribution in [0, 0.1) is 0 Å². The Hall–Kier alpha value is -4.56. The molecule has 0 aliphatic heterocycles. The van der Waals surface area contributed by atoms with Gasteiger partial charge in [0, 0.05) is 14.7 Å². The number of hydrogen-bond acceptors (Lipinski definition) is 11. The SMILES string of the molecule is C[Si](C)(C)CCOCn1c(-c2nonc2N)nc2ccccc21.Nc1nonc1-c1nc2ccccc2[nH]1. The van der Waals surface area contributed by atoms with Crippen molar-refractivity contribution >= 4 is 41.8 Å². The highest BCUT2D eigenvalue weighted by atomic mass is 28.3. The average molecular weight is 533 g/mol. The molecule has 0 unspecified atom stereocenters. The molecule has 0 aliphatic carbocycles. The number of rotatable bonds is 7. The quantitative estimate of drug-likeness (QED) is 0.198. The van der Waals surface area contributed by atoms with Crippen LogP contribution in [0.3, 0.4) is 0 Å². The molecule has 0 saturated heterocycles. The van der Waals surface area contributed by atoms with Crippen LogP contribution in [0.1, 0.15) is 0 Å². The Kier molecular flexibility index (Phi) is 6.89. The molecule has 14 heteroatoms. The van der Waals surface area contributed by atoms with Gasteiger partial charge in [-0.15, -0.1) is 0 Å². The zero-order chi connectivity index (χ0) is 26.7. The van der Waals surface area contributed by atoms with Gasteiger partial charge in [-0.25, -0.2) is 19.2 Å². The van der Waals surface area contributed by atoms with Crippen molar-refractivity contribution in [3.63, 3.8) is 0 Å². The normalized spacial score (nSPS) is 11.7. The summed E-state index contributed by atoms with van der Waals surface area (Å²) < 4.78 is 17.1. The van der Waals surface area contributed by atoms with E-state index >= 15 is 0 Å². The topological polar surface area (TPSA) is 186 Å². The van der Waals surface area contributed by atoms with Gasteiger partial charge in [0.1, 0.15) is 6.73 Å². The molecule has 0 atom stereocenters. The summed E-state index contributed by atoms with van der Waals surface area (Å²) >= 11 is 0. The molecule has 6 rings (SSSR count). The maximum Gasteiger partial charge on any atom is 0.199 e. The van der Waals surface area contributed by atoms with E-state index in [2.05, 4.69) is 59.8 Å². The summed E-state index contributed by atoms with van der Waals surface area (Å²) in [6, 6.07) is 16.6. The van der Waals surface area contributed by atoms with Crippen molar-refractivity contribution < 1.29 is 14.0 Å². The molecule has 6 aromatic rings. The fourth-order valence-corrected chi connectivity index (χ4v) is 4.45. The monoisotopic (exact) mass is 532 g/mol. The summed E-state index contributed by atoms with van der Waals surface area (Å²) in [5.41, 5.74) is 15.9. The van der Waals surface area contributed by atoms with Gasteiger partial charge in [0.15, 0.2) is 34.7 Å². The lowest BCUT2D eigenvalue weighted by molar-refractivity contribution is 0.0908. The van der Waals surface area contributed by atoms with Gasteiger partial charge in [-0.2, -0.15) is 0 Å². The standard InChI is InChI=1S/C15H21N5O2Si.C9H7N5O/c1-23(2,3)9-8-21-10-20-12-7-5-4-6-11(12)17-15(20)13-14(16)19-22-18-13;10-8-7(13-15-14-8)9-11-5-3-1-2-4-6(5)12-9/h4-7H,8-10H2,1-3H3,(H2,16,19);1-4H,(H2,10,14)(H,11,12). The third-order valence-electron chi connectivity index (χ3n) is 5.72. The van der Waals surface area contributed by atoms with Gasteiger partial charge >= 0.3 is 0 Å². The summed E-state index contributed by atoms with van der Waals surface area (Å²) in [5, 5.41) is 14.7. The molecule has 13 nitrogen and oxygen atoms in total. The van der Waals surface area contributed by atoms with Crippen molar-refractivity contribution in [3.8, 4) is 23.0 Å². The number of imidazole rings is 2. The summed E-state index contributed by atoms with van der Waals surface area (Å²) in [5.74, 6) is 1.63. The minimum atomic E-state index is -1.12. The molecule has 4 heterocycles. The van der Waals surface area contributed by atoms with E-state index in [-0.39, 0.29) is 11.6 Å². The Balaban J connectivity index is 0.000000168. The number of nitrogen functional groups attached to an aromatic ring is 2. The highest BCUT2D eigenvalue weighted by Gasteiger charge is 2.19. The van der Waals surface area contributed by atoms with E-state index in [9.17, 15) is 0 Å². The number of anilines is 2. The fourth-order valence-electron chi connectivity index (χ4n) is 3.70. The number of nitrogens with zero attached hydrogens (tertiary/aromatic N) is 7. The molecular weight excluding hydrogens is 504 g/mol. The van der Waals surface area contributed by atoms with E-state index < -0.39 is 8.07 Å². The third kappa shape index (κ3) is 5.40. The van der Waals surface area contributed by atoms with Crippen LogP contribution in [0.25, 0.3) is 45.1 Å². The second-order valence-corrected chi connectivity index (χ2v) is 15.4. The third-order valence-corrected chi connectivity index (χ3v) is 7.43. The molecule has 0 fully saturated rings. The number of nitrogens with one attached hydrogen (secondary N) is 1. The number of nitrogens with two attached hydrogens (primary N) is 2. The van der Waals surface area contributed by atoms with E-state index in [0.29, 0.717) is 29.8 Å². The summed E-state index contributed by atoms with van der Waals surface area (Å²) in [6.07, 6.45) is 0. The van der Waals surface area contributed by atoms with E-state index in [1.54, 1.807) is 0 Å². The molecule has 0 radical (unpaired) electrons. The van der Waals surface area contributed by atoms with Crippen LogP contribution in [0.15, 0.2) is 57.8 Å². The molecule has 196 valence electrons. The lowest BCUT2D eigenvalue weighted by Crippen LogP contribution is -2.22. The number of hydrogen-bond donors (Lipinski definition) is 3. The molecule has 0 spiro atoms. The van der Waals surface area contributed by atoms with Crippen LogP contribution in [-0.2, 0) is 11.5 Å². The first-order valence-electron chi connectivity index (χ1n) is 11.9. The van der Waals surface area contributed by atoms with E-state index in [1.807, 2.05) is 53.1 Å². The number of aromatic nitrogens is 8. The zero-order valence-corrected chi connectivity index (χ0v) is 22.3. The minimum Gasteiger partial charge on any atom is -0.379 e. The molecule has 0 aliphatic rings. The predicted molar refractivity (Wildman–Crippen MR) is 145 cm³/mol. The molecular formula is C24H28N10O3Si. The first-order chi connectivity index (χ1) is 18.3. The van der Waals surface area contributed by atoms with Gasteiger partial charge in [-0.3, -0.25) is 4.57 Å². The van der Waals surface area contributed by atoms with Gasteiger partial charge in [0.25, 0.3) is 0 Å². The lowest BCUT2D eigenvalue weighted by atomic mass is 10.3. The number of aromatic amines is 1. The molecule has 38 heavy (non-hydrogen) atoms. The second kappa shape index (κ2) is 10.4. The second-order valence-electron chi connectivity index (χ2n) is 9.80. The van der Waals surface area contributed by atoms with E-state index in [4.69, 9.17) is 20.8 Å². The first kappa shape index (κ1) is 25.1. The van der Waals surface area contributed by atoms with Crippen molar-refractivity contribution in [2.24, 2.45) is 0 Å². The van der Waals surface area contributed by atoms with Crippen LogP contribution >= 0.6 is 0 Å².